The number of rotatable bonds is 5. The molecule has 0 aliphatic carbocycles. The van der Waals surface area contributed by atoms with Crippen LogP contribution in [-0.2, 0) is 11.3 Å². The number of nitrogens with one attached hydrogen (secondary N) is 1. The molecule has 3 aromatic rings. The summed E-state index contributed by atoms with van der Waals surface area (Å²) in [4.78, 5) is 18.0. The Kier molecular flexibility index (Phi) is 4.02. The van der Waals surface area contributed by atoms with Crippen LogP contribution in [0.25, 0.3) is 11.7 Å². The number of furan rings is 1. The van der Waals surface area contributed by atoms with E-state index in [1.807, 2.05) is 19.2 Å². The number of hydrogen-bond acceptors (Lipinski definition) is 7. The van der Waals surface area contributed by atoms with E-state index in [0.29, 0.717) is 30.5 Å². The molecule has 2 atom stereocenters. The van der Waals surface area contributed by atoms with Gasteiger partial charge in [-0.25, -0.2) is 0 Å². The number of nitrogens with zero attached hydrogens (tertiary/aromatic N) is 4. The molecule has 4 heterocycles. The summed E-state index contributed by atoms with van der Waals surface area (Å²) in [5.74, 6) is 1.40. The van der Waals surface area contributed by atoms with E-state index in [2.05, 4.69) is 20.5 Å². The minimum absolute atomic E-state index is 0.0549. The standard InChI is InChI=1S/C17H17N5O3/c1-22-15(23)8-12(16(22)11-4-2-6-18-9-11)19-10-14-20-21-17(25-14)13-5-3-7-24-13/h2-7,9,12,16,19H,8,10H2,1H3/t12-,16+/m1/s1. The normalized spacial score (nSPS) is 20.4. The molecule has 0 bridgehead atoms. The van der Waals surface area contributed by atoms with Crippen molar-refractivity contribution in [2.45, 2.75) is 25.0 Å². The molecule has 8 heteroatoms. The fraction of sp³-hybridized carbons (Fsp3) is 0.294. The van der Waals surface area contributed by atoms with Crippen LogP contribution in [0.4, 0.5) is 0 Å². The van der Waals surface area contributed by atoms with Gasteiger partial charge in [-0.1, -0.05) is 6.07 Å². The highest BCUT2D eigenvalue weighted by Gasteiger charge is 2.38. The van der Waals surface area contributed by atoms with Gasteiger partial charge in [-0.2, -0.15) is 0 Å². The van der Waals surface area contributed by atoms with Gasteiger partial charge in [0.15, 0.2) is 5.76 Å². The Labute approximate surface area is 143 Å². The van der Waals surface area contributed by atoms with E-state index >= 15 is 0 Å². The molecule has 1 saturated heterocycles. The van der Waals surface area contributed by atoms with Gasteiger partial charge in [0.1, 0.15) is 0 Å². The van der Waals surface area contributed by atoms with Crippen molar-refractivity contribution < 1.29 is 13.6 Å². The molecule has 3 aromatic heterocycles. The van der Waals surface area contributed by atoms with E-state index in [4.69, 9.17) is 8.83 Å². The van der Waals surface area contributed by atoms with Crippen LogP contribution in [-0.4, -0.2) is 39.1 Å². The molecule has 25 heavy (non-hydrogen) atoms. The predicted molar refractivity (Wildman–Crippen MR) is 87.0 cm³/mol. The first-order chi connectivity index (χ1) is 12.2. The lowest BCUT2D eigenvalue weighted by atomic mass is 10.0. The summed E-state index contributed by atoms with van der Waals surface area (Å²) in [5.41, 5.74) is 0.996. The Morgan fingerprint density at radius 2 is 2.24 bits per heavy atom. The van der Waals surface area contributed by atoms with Crippen LogP contribution in [0.15, 0.2) is 51.8 Å². The van der Waals surface area contributed by atoms with E-state index in [9.17, 15) is 4.79 Å². The second kappa shape index (κ2) is 6.48. The number of likely N-dealkylation sites (tertiary alicyclic amines) is 1. The second-order valence-electron chi connectivity index (χ2n) is 5.91. The van der Waals surface area contributed by atoms with Crippen molar-refractivity contribution in [3.8, 4) is 11.7 Å². The first-order valence-corrected chi connectivity index (χ1v) is 7.97. The molecule has 128 valence electrons. The van der Waals surface area contributed by atoms with Crippen LogP contribution >= 0.6 is 0 Å². The lowest BCUT2D eigenvalue weighted by Crippen LogP contribution is -2.34. The minimum Gasteiger partial charge on any atom is -0.459 e. The van der Waals surface area contributed by atoms with Crippen LogP contribution in [0, 0.1) is 0 Å². The number of carbonyl (C=O) groups excluding carboxylic acids is 1. The van der Waals surface area contributed by atoms with Crippen LogP contribution in [0.5, 0.6) is 0 Å². The number of pyridine rings is 1. The Morgan fingerprint density at radius 1 is 1.32 bits per heavy atom. The van der Waals surface area contributed by atoms with Crippen molar-refractivity contribution in [1.29, 1.82) is 0 Å². The summed E-state index contributed by atoms with van der Waals surface area (Å²) in [6, 6.07) is 7.23. The van der Waals surface area contributed by atoms with Crippen molar-refractivity contribution in [2.75, 3.05) is 7.05 Å². The summed E-state index contributed by atoms with van der Waals surface area (Å²) in [6.45, 7) is 0.371. The third kappa shape index (κ3) is 3.03. The molecule has 0 saturated carbocycles. The fourth-order valence-electron chi connectivity index (χ4n) is 3.10. The second-order valence-corrected chi connectivity index (χ2v) is 5.91. The van der Waals surface area contributed by atoms with Gasteiger partial charge in [0.25, 0.3) is 5.89 Å². The molecule has 0 radical (unpaired) electrons. The van der Waals surface area contributed by atoms with E-state index in [1.54, 1.807) is 35.7 Å². The average Bonchev–Trinajstić information content (AvgIpc) is 3.35. The summed E-state index contributed by atoms with van der Waals surface area (Å²) >= 11 is 0. The molecule has 1 amide bonds. The zero-order valence-corrected chi connectivity index (χ0v) is 13.6. The molecule has 4 rings (SSSR count). The van der Waals surface area contributed by atoms with Crippen LogP contribution in [0.3, 0.4) is 0 Å². The van der Waals surface area contributed by atoms with Gasteiger partial charge in [0, 0.05) is 31.9 Å². The summed E-state index contributed by atoms with van der Waals surface area (Å²) in [5, 5.41) is 11.3. The molecular weight excluding hydrogens is 322 g/mol. The maximum atomic E-state index is 12.1. The van der Waals surface area contributed by atoms with E-state index in [-0.39, 0.29) is 18.0 Å². The molecule has 0 unspecified atom stereocenters. The maximum Gasteiger partial charge on any atom is 0.283 e. The van der Waals surface area contributed by atoms with Gasteiger partial charge in [0.05, 0.1) is 18.8 Å². The summed E-state index contributed by atoms with van der Waals surface area (Å²) in [7, 11) is 1.81. The third-order valence-electron chi connectivity index (χ3n) is 4.33. The lowest BCUT2D eigenvalue weighted by Gasteiger charge is -2.25. The Bertz CT molecular complexity index is 846. The van der Waals surface area contributed by atoms with Crippen molar-refractivity contribution in [2.24, 2.45) is 0 Å². The molecule has 0 aromatic carbocycles. The van der Waals surface area contributed by atoms with Crippen molar-refractivity contribution in [3.05, 3.63) is 54.4 Å². The highest BCUT2D eigenvalue weighted by Crippen LogP contribution is 2.31. The molecule has 1 fully saturated rings. The van der Waals surface area contributed by atoms with Gasteiger partial charge >= 0.3 is 0 Å². The molecule has 1 aliphatic heterocycles. The topological polar surface area (TPSA) is 97.3 Å². The lowest BCUT2D eigenvalue weighted by molar-refractivity contribution is -0.127. The SMILES string of the molecule is CN1C(=O)C[C@@H](NCc2nnc(-c3ccco3)o2)[C@@H]1c1cccnc1. The summed E-state index contributed by atoms with van der Waals surface area (Å²) in [6.07, 6.45) is 5.47. The van der Waals surface area contributed by atoms with E-state index < -0.39 is 0 Å². The quantitative estimate of drug-likeness (QED) is 0.757. The Hall–Kier alpha value is -3.00. The van der Waals surface area contributed by atoms with Crippen molar-refractivity contribution in [1.82, 2.24) is 25.4 Å². The summed E-state index contributed by atoms with van der Waals surface area (Å²) < 4.78 is 10.8. The fourth-order valence-corrected chi connectivity index (χ4v) is 3.10. The highest BCUT2D eigenvalue weighted by molar-refractivity contribution is 5.80. The first kappa shape index (κ1) is 15.5. The molecular formula is C17H17N5O3. The van der Waals surface area contributed by atoms with Gasteiger partial charge in [-0.15, -0.1) is 10.2 Å². The average molecular weight is 339 g/mol. The number of likely N-dealkylation sites (N-methyl/N-ethyl adjacent to an activating group) is 1. The highest BCUT2D eigenvalue weighted by atomic mass is 16.4. The van der Waals surface area contributed by atoms with Crippen LogP contribution in [0.1, 0.15) is 23.9 Å². The van der Waals surface area contributed by atoms with Gasteiger partial charge in [0.2, 0.25) is 11.8 Å². The molecule has 1 aliphatic rings. The van der Waals surface area contributed by atoms with Crippen LogP contribution in [0.2, 0.25) is 0 Å². The van der Waals surface area contributed by atoms with Crippen molar-refractivity contribution >= 4 is 5.91 Å². The van der Waals surface area contributed by atoms with E-state index in [1.165, 1.54) is 0 Å². The first-order valence-electron chi connectivity index (χ1n) is 7.97. The number of hydrogen-bond donors (Lipinski definition) is 1. The Balaban J connectivity index is 1.47. The Morgan fingerprint density at radius 3 is 3.00 bits per heavy atom. The number of aromatic nitrogens is 3. The molecule has 1 N–H and O–H groups in total. The van der Waals surface area contributed by atoms with Crippen molar-refractivity contribution in [3.63, 3.8) is 0 Å². The van der Waals surface area contributed by atoms with E-state index in [0.717, 1.165) is 5.56 Å². The largest absolute Gasteiger partial charge is 0.459 e. The third-order valence-corrected chi connectivity index (χ3v) is 4.33. The van der Waals surface area contributed by atoms with Gasteiger partial charge in [-0.3, -0.25) is 9.78 Å². The molecule has 0 spiro atoms. The zero-order valence-electron chi connectivity index (χ0n) is 13.6. The predicted octanol–water partition coefficient (Wildman–Crippen LogP) is 1.79. The zero-order chi connectivity index (χ0) is 17.2. The molecule has 8 nitrogen and oxygen atoms in total. The minimum atomic E-state index is -0.0753. The van der Waals surface area contributed by atoms with Crippen LogP contribution < -0.4 is 5.32 Å². The smallest absolute Gasteiger partial charge is 0.283 e. The number of amides is 1. The maximum absolute atomic E-state index is 12.1. The van der Waals surface area contributed by atoms with Gasteiger partial charge < -0.3 is 19.1 Å². The monoisotopic (exact) mass is 339 g/mol. The number of carbonyl (C=O) groups is 1. The van der Waals surface area contributed by atoms with Gasteiger partial charge in [-0.05, 0) is 23.8 Å².